The fourth-order valence-corrected chi connectivity index (χ4v) is 0.841. The quantitative estimate of drug-likeness (QED) is 0.601. The average Bonchev–Trinajstić information content (AvgIpc) is 1.85. The van der Waals surface area contributed by atoms with Crippen LogP contribution in [0.5, 0.6) is 0 Å². The van der Waals surface area contributed by atoms with Crippen LogP contribution >= 0.6 is 0 Å². The Bertz CT molecular complexity index is 150. The normalized spacial score (nSPS) is 15.5. The SMILES string of the molecule is COC(C)C(C(C)=O)C(=O)O. The number of carboxylic acid groups (broad SMARTS) is 1. The summed E-state index contributed by atoms with van der Waals surface area (Å²) in [6, 6.07) is 0. The molecule has 0 aliphatic carbocycles. The van der Waals surface area contributed by atoms with Crippen LogP contribution in [0.1, 0.15) is 13.8 Å². The zero-order chi connectivity index (χ0) is 9.02. The molecule has 0 spiro atoms. The average molecular weight is 160 g/mol. The number of carboxylic acids is 1. The minimum Gasteiger partial charge on any atom is -0.481 e. The van der Waals surface area contributed by atoms with E-state index in [-0.39, 0.29) is 5.78 Å². The summed E-state index contributed by atoms with van der Waals surface area (Å²) < 4.78 is 4.73. The maximum Gasteiger partial charge on any atom is 0.316 e. The van der Waals surface area contributed by atoms with Gasteiger partial charge >= 0.3 is 5.97 Å². The monoisotopic (exact) mass is 160 g/mol. The van der Waals surface area contributed by atoms with Crippen LogP contribution in [0.2, 0.25) is 0 Å². The van der Waals surface area contributed by atoms with E-state index in [4.69, 9.17) is 9.84 Å². The number of aliphatic carboxylic acids is 1. The molecule has 2 atom stereocenters. The topological polar surface area (TPSA) is 63.6 Å². The van der Waals surface area contributed by atoms with E-state index in [0.29, 0.717) is 0 Å². The second-order valence-electron chi connectivity index (χ2n) is 2.37. The Labute approximate surface area is 65.2 Å². The molecule has 64 valence electrons. The number of methoxy groups -OCH3 is 1. The minimum absolute atomic E-state index is 0.383. The van der Waals surface area contributed by atoms with Gasteiger partial charge in [-0.05, 0) is 13.8 Å². The summed E-state index contributed by atoms with van der Waals surface area (Å²) in [5, 5.41) is 8.54. The molecule has 0 aromatic carbocycles. The smallest absolute Gasteiger partial charge is 0.316 e. The third-order valence-electron chi connectivity index (χ3n) is 1.55. The molecule has 2 unspecified atom stereocenters. The van der Waals surface area contributed by atoms with Crippen molar-refractivity contribution in [2.24, 2.45) is 5.92 Å². The molecule has 0 bridgehead atoms. The highest BCUT2D eigenvalue weighted by Crippen LogP contribution is 2.07. The van der Waals surface area contributed by atoms with E-state index in [1.54, 1.807) is 6.92 Å². The lowest BCUT2D eigenvalue weighted by Gasteiger charge is -2.15. The van der Waals surface area contributed by atoms with Gasteiger partial charge < -0.3 is 9.84 Å². The summed E-state index contributed by atoms with van der Waals surface area (Å²) in [5.41, 5.74) is 0. The second-order valence-corrected chi connectivity index (χ2v) is 2.37. The second kappa shape index (κ2) is 4.08. The molecular weight excluding hydrogens is 148 g/mol. The van der Waals surface area contributed by atoms with E-state index < -0.39 is 18.0 Å². The molecule has 0 aliphatic rings. The van der Waals surface area contributed by atoms with Crippen LogP contribution in [0.25, 0.3) is 0 Å². The first kappa shape index (κ1) is 10.1. The Kier molecular flexibility index (Phi) is 3.74. The van der Waals surface area contributed by atoms with E-state index in [9.17, 15) is 9.59 Å². The van der Waals surface area contributed by atoms with Crippen molar-refractivity contribution >= 4 is 11.8 Å². The standard InChI is InChI=1S/C7H12O4/c1-4(8)6(7(9)10)5(2)11-3/h5-6H,1-3H3,(H,9,10). The summed E-state index contributed by atoms with van der Waals surface area (Å²) in [6.07, 6.45) is -0.565. The molecule has 0 radical (unpaired) electrons. The highest BCUT2D eigenvalue weighted by Gasteiger charge is 2.28. The number of hydrogen-bond donors (Lipinski definition) is 1. The van der Waals surface area contributed by atoms with Crippen molar-refractivity contribution in [3.05, 3.63) is 0 Å². The van der Waals surface area contributed by atoms with Crippen LogP contribution in [0.4, 0.5) is 0 Å². The van der Waals surface area contributed by atoms with Gasteiger partial charge in [0.15, 0.2) is 0 Å². The number of Topliss-reactive ketones (excluding diaryl/α,β-unsaturated/α-hetero) is 1. The van der Waals surface area contributed by atoms with Crippen molar-refractivity contribution in [1.29, 1.82) is 0 Å². The molecular formula is C7H12O4. The van der Waals surface area contributed by atoms with Gasteiger partial charge in [-0.15, -0.1) is 0 Å². The summed E-state index contributed by atoms with van der Waals surface area (Å²) in [4.78, 5) is 21.2. The summed E-state index contributed by atoms with van der Waals surface area (Å²) in [6.45, 7) is 2.80. The predicted molar refractivity (Wildman–Crippen MR) is 38.3 cm³/mol. The third-order valence-corrected chi connectivity index (χ3v) is 1.55. The van der Waals surface area contributed by atoms with Crippen molar-refractivity contribution in [3.8, 4) is 0 Å². The Hall–Kier alpha value is -0.900. The van der Waals surface area contributed by atoms with Gasteiger partial charge in [0.2, 0.25) is 0 Å². The third kappa shape index (κ3) is 2.67. The first-order valence-corrected chi connectivity index (χ1v) is 3.26. The maximum absolute atomic E-state index is 10.7. The van der Waals surface area contributed by atoms with E-state index in [0.717, 1.165) is 0 Å². The zero-order valence-electron chi connectivity index (χ0n) is 6.83. The molecule has 0 aromatic rings. The molecule has 4 nitrogen and oxygen atoms in total. The van der Waals surface area contributed by atoms with Gasteiger partial charge in [-0.2, -0.15) is 0 Å². The number of ketones is 1. The predicted octanol–water partition coefficient (Wildman–Crippen LogP) is 0.311. The van der Waals surface area contributed by atoms with Crippen LogP contribution in [0.15, 0.2) is 0 Å². The first-order chi connectivity index (χ1) is 5.00. The fourth-order valence-electron chi connectivity index (χ4n) is 0.841. The lowest BCUT2D eigenvalue weighted by Crippen LogP contribution is -2.32. The van der Waals surface area contributed by atoms with Crippen molar-refractivity contribution in [2.75, 3.05) is 7.11 Å². The molecule has 0 amide bonds. The van der Waals surface area contributed by atoms with Crippen molar-refractivity contribution in [3.63, 3.8) is 0 Å². The number of carbonyl (C=O) groups is 2. The molecule has 0 aliphatic heterocycles. The Morgan fingerprint density at radius 3 is 2.00 bits per heavy atom. The number of carbonyl (C=O) groups excluding carboxylic acids is 1. The van der Waals surface area contributed by atoms with E-state index in [2.05, 4.69) is 0 Å². The fraction of sp³-hybridized carbons (Fsp3) is 0.714. The van der Waals surface area contributed by atoms with E-state index in [1.165, 1.54) is 14.0 Å². The molecule has 0 heterocycles. The molecule has 1 N–H and O–H groups in total. The molecule has 0 saturated heterocycles. The Morgan fingerprint density at radius 2 is 1.91 bits per heavy atom. The van der Waals surface area contributed by atoms with Crippen molar-refractivity contribution < 1.29 is 19.4 Å². The maximum atomic E-state index is 10.7. The molecule has 0 saturated carbocycles. The summed E-state index contributed by atoms with van der Waals surface area (Å²) in [5.74, 6) is -2.56. The highest BCUT2D eigenvalue weighted by atomic mass is 16.5. The Morgan fingerprint density at radius 1 is 1.45 bits per heavy atom. The van der Waals surface area contributed by atoms with Gasteiger partial charge in [-0.1, -0.05) is 0 Å². The summed E-state index contributed by atoms with van der Waals surface area (Å²) >= 11 is 0. The highest BCUT2D eigenvalue weighted by molar-refractivity contribution is 5.97. The van der Waals surface area contributed by atoms with Gasteiger partial charge in [0.25, 0.3) is 0 Å². The molecule has 4 heteroatoms. The van der Waals surface area contributed by atoms with Crippen LogP contribution < -0.4 is 0 Å². The number of hydrogen-bond acceptors (Lipinski definition) is 3. The molecule has 0 aromatic heterocycles. The minimum atomic E-state index is -1.13. The van der Waals surface area contributed by atoms with E-state index >= 15 is 0 Å². The van der Waals surface area contributed by atoms with Gasteiger partial charge in [-0.25, -0.2) is 0 Å². The van der Waals surface area contributed by atoms with Crippen LogP contribution in [0, 0.1) is 5.92 Å². The number of ether oxygens (including phenoxy) is 1. The lowest BCUT2D eigenvalue weighted by atomic mass is 10.00. The van der Waals surface area contributed by atoms with Crippen molar-refractivity contribution in [2.45, 2.75) is 20.0 Å². The number of rotatable bonds is 4. The lowest BCUT2D eigenvalue weighted by molar-refractivity contribution is -0.150. The largest absolute Gasteiger partial charge is 0.481 e. The molecule has 0 rings (SSSR count). The summed E-state index contributed by atoms with van der Waals surface area (Å²) in [7, 11) is 1.38. The van der Waals surface area contributed by atoms with Crippen LogP contribution in [-0.4, -0.2) is 30.1 Å². The van der Waals surface area contributed by atoms with Gasteiger partial charge in [-0.3, -0.25) is 9.59 Å². The first-order valence-electron chi connectivity index (χ1n) is 3.26. The molecule has 0 fully saturated rings. The van der Waals surface area contributed by atoms with Gasteiger partial charge in [0, 0.05) is 7.11 Å². The van der Waals surface area contributed by atoms with E-state index in [1.807, 2.05) is 0 Å². The zero-order valence-corrected chi connectivity index (χ0v) is 6.83. The van der Waals surface area contributed by atoms with Crippen molar-refractivity contribution in [1.82, 2.24) is 0 Å². The van der Waals surface area contributed by atoms with Crippen LogP contribution in [0.3, 0.4) is 0 Å². The van der Waals surface area contributed by atoms with Gasteiger partial charge in [0.05, 0.1) is 6.10 Å². The molecule has 11 heavy (non-hydrogen) atoms. The van der Waals surface area contributed by atoms with Crippen LogP contribution in [-0.2, 0) is 14.3 Å². The van der Waals surface area contributed by atoms with Gasteiger partial charge in [0.1, 0.15) is 11.7 Å². The Balaban J connectivity index is 4.34.